The summed E-state index contributed by atoms with van der Waals surface area (Å²) in [4.78, 5) is 10.9. The number of primary amides is 1. The molecule has 1 amide bonds. The van der Waals surface area contributed by atoms with Crippen LogP contribution in [0.1, 0.15) is 47.8 Å². The van der Waals surface area contributed by atoms with E-state index in [9.17, 15) is 4.79 Å². The summed E-state index contributed by atoms with van der Waals surface area (Å²) in [5.74, 6) is 0.123. The fourth-order valence-corrected chi connectivity index (χ4v) is 2.80. The number of carbonyl (C=O) groups excluding carboxylic acids is 1. The largest absolute Gasteiger partial charge is 0.363 e. The molecule has 0 aromatic carbocycles. The summed E-state index contributed by atoms with van der Waals surface area (Å²) in [6.07, 6.45) is 4.75. The Balaban J connectivity index is 2.30. The summed E-state index contributed by atoms with van der Waals surface area (Å²) in [6, 6.07) is 0. The Hall–Kier alpha value is -0.590. The van der Waals surface area contributed by atoms with Crippen LogP contribution in [-0.4, -0.2) is 11.1 Å². The monoisotopic (exact) mass is 306 g/mol. The van der Waals surface area contributed by atoms with Crippen molar-refractivity contribution in [3.05, 3.63) is 15.0 Å². The normalized spacial score (nSPS) is 17.5. The van der Waals surface area contributed by atoms with E-state index >= 15 is 0 Å². The fraction of sp³-hybridized carbons (Fsp3) is 0.556. The zero-order valence-corrected chi connectivity index (χ0v) is 9.78. The maximum absolute atomic E-state index is 10.9. The zero-order chi connectivity index (χ0) is 10.1. The van der Waals surface area contributed by atoms with Crippen LogP contribution in [0.3, 0.4) is 0 Å². The van der Waals surface area contributed by atoms with Crippen LogP contribution in [0.15, 0.2) is 4.52 Å². The topological polar surface area (TPSA) is 69.1 Å². The van der Waals surface area contributed by atoms with Crippen LogP contribution in [0.5, 0.6) is 0 Å². The summed E-state index contributed by atoms with van der Waals surface area (Å²) >= 11 is 2.08. The number of rotatable bonds is 2. The summed E-state index contributed by atoms with van der Waals surface area (Å²) < 4.78 is 5.73. The molecular formula is C9H11IN2O2. The zero-order valence-electron chi connectivity index (χ0n) is 7.62. The average molecular weight is 306 g/mol. The van der Waals surface area contributed by atoms with Crippen molar-refractivity contribution >= 4 is 28.5 Å². The molecule has 0 radical (unpaired) electrons. The van der Waals surface area contributed by atoms with Gasteiger partial charge in [0.05, 0.1) is 3.57 Å². The van der Waals surface area contributed by atoms with Crippen LogP contribution in [0.2, 0.25) is 0 Å². The van der Waals surface area contributed by atoms with Crippen molar-refractivity contribution in [1.29, 1.82) is 0 Å². The van der Waals surface area contributed by atoms with Gasteiger partial charge in [-0.1, -0.05) is 18.0 Å². The molecule has 2 N–H and O–H groups in total. The standard InChI is InChI=1S/C9H11IN2O2/c10-6-7(5-3-1-2-4-5)12-14-8(6)9(11)13/h5H,1-4H2,(H2,11,13). The smallest absolute Gasteiger partial charge is 0.288 e. The Morgan fingerprint density at radius 3 is 2.64 bits per heavy atom. The van der Waals surface area contributed by atoms with E-state index in [0.29, 0.717) is 5.92 Å². The van der Waals surface area contributed by atoms with Crippen molar-refractivity contribution in [2.24, 2.45) is 5.73 Å². The number of aromatic nitrogens is 1. The highest BCUT2D eigenvalue weighted by atomic mass is 127. The average Bonchev–Trinajstić information content (AvgIpc) is 2.71. The van der Waals surface area contributed by atoms with Crippen molar-refractivity contribution in [3.63, 3.8) is 0 Å². The SMILES string of the molecule is NC(=O)c1onc(C2CCCC2)c1I. The number of nitrogens with two attached hydrogens (primary N) is 1. The first kappa shape index (κ1) is 9.95. The molecule has 1 heterocycles. The first-order chi connectivity index (χ1) is 6.70. The predicted molar refractivity (Wildman–Crippen MR) is 58.9 cm³/mol. The highest BCUT2D eigenvalue weighted by molar-refractivity contribution is 14.1. The van der Waals surface area contributed by atoms with Gasteiger partial charge >= 0.3 is 0 Å². The molecule has 0 saturated heterocycles. The molecule has 0 unspecified atom stereocenters. The summed E-state index contributed by atoms with van der Waals surface area (Å²) in [7, 11) is 0. The number of hydrogen-bond donors (Lipinski definition) is 1. The van der Waals surface area contributed by atoms with E-state index in [4.69, 9.17) is 10.3 Å². The van der Waals surface area contributed by atoms with Gasteiger partial charge in [-0.3, -0.25) is 4.79 Å². The van der Waals surface area contributed by atoms with E-state index in [0.717, 1.165) is 22.1 Å². The van der Waals surface area contributed by atoms with Crippen LogP contribution >= 0.6 is 22.6 Å². The van der Waals surface area contributed by atoms with Gasteiger partial charge in [0.1, 0.15) is 5.69 Å². The van der Waals surface area contributed by atoms with Crippen LogP contribution < -0.4 is 5.73 Å². The Morgan fingerprint density at radius 1 is 1.50 bits per heavy atom. The van der Waals surface area contributed by atoms with Gasteiger partial charge in [0.2, 0.25) is 5.76 Å². The maximum Gasteiger partial charge on any atom is 0.288 e. The minimum atomic E-state index is -0.536. The molecule has 1 fully saturated rings. The molecule has 1 aromatic rings. The van der Waals surface area contributed by atoms with E-state index < -0.39 is 5.91 Å². The molecule has 14 heavy (non-hydrogen) atoms. The molecule has 0 spiro atoms. The molecular weight excluding hydrogens is 295 g/mol. The number of nitrogens with zero attached hydrogens (tertiary/aromatic N) is 1. The third-order valence-electron chi connectivity index (χ3n) is 2.63. The number of hydrogen-bond acceptors (Lipinski definition) is 3. The molecule has 5 heteroatoms. The lowest BCUT2D eigenvalue weighted by molar-refractivity contribution is 0.0963. The van der Waals surface area contributed by atoms with Gasteiger partial charge < -0.3 is 10.3 Å². The lowest BCUT2D eigenvalue weighted by Gasteiger charge is -2.03. The van der Waals surface area contributed by atoms with Gasteiger partial charge in [-0.25, -0.2) is 0 Å². The van der Waals surface area contributed by atoms with Crippen molar-refractivity contribution in [1.82, 2.24) is 5.16 Å². The molecule has 1 saturated carbocycles. The van der Waals surface area contributed by atoms with E-state index in [1.54, 1.807) is 0 Å². The highest BCUT2D eigenvalue weighted by Crippen LogP contribution is 2.36. The molecule has 1 aliphatic rings. The lowest BCUT2D eigenvalue weighted by atomic mass is 10.0. The second-order valence-electron chi connectivity index (χ2n) is 3.56. The Bertz CT molecular complexity index is 356. The predicted octanol–water partition coefficient (Wildman–Crippen LogP) is 2.04. The second-order valence-corrected chi connectivity index (χ2v) is 4.64. The molecule has 0 aliphatic heterocycles. The van der Waals surface area contributed by atoms with E-state index in [1.807, 2.05) is 0 Å². The molecule has 4 nitrogen and oxygen atoms in total. The van der Waals surface area contributed by atoms with Gasteiger partial charge in [0.15, 0.2) is 0 Å². The van der Waals surface area contributed by atoms with Gasteiger partial charge in [-0.15, -0.1) is 0 Å². The number of carbonyl (C=O) groups is 1. The highest BCUT2D eigenvalue weighted by Gasteiger charge is 2.26. The van der Waals surface area contributed by atoms with Crippen molar-refractivity contribution in [3.8, 4) is 0 Å². The first-order valence-corrected chi connectivity index (χ1v) is 5.73. The quantitative estimate of drug-likeness (QED) is 0.850. The van der Waals surface area contributed by atoms with Gasteiger partial charge in [-0.05, 0) is 35.4 Å². The Morgan fingerprint density at radius 2 is 2.14 bits per heavy atom. The van der Waals surface area contributed by atoms with Crippen molar-refractivity contribution in [2.45, 2.75) is 31.6 Å². The first-order valence-electron chi connectivity index (χ1n) is 4.65. The van der Waals surface area contributed by atoms with E-state index in [1.165, 1.54) is 12.8 Å². The second kappa shape index (κ2) is 3.88. The maximum atomic E-state index is 10.9. The fourth-order valence-electron chi connectivity index (χ4n) is 1.90. The summed E-state index contributed by atoms with van der Waals surface area (Å²) in [5, 5.41) is 3.94. The molecule has 2 rings (SSSR count). The van der Waals surface area contributed by atoms with E-state index in [-0.39, 0.29) is 5.76 Å². The van der Waals surface area contributed by atoms with Crippen LogP contribution in [0.25, 0.3) is 0 Å². The minimum Gasteiger partial charge on any atom is -0.363 e. The van der Waals surface area contributed by atoms with Crippen LogP contribution in [-0.2, 0) is 0 Å². The number of halogens is 1. The molecule has 1 aliphatic carbocycles. The third kappa shape index (κ3) is 1.65. The molecule has 0 atom stereocenters. The molecule has 76 valence electrons. The molecule has 1 aromatic heterocycles. The lowest BCUT2D eigenvalue weighted by Crippen LogP contribution is -2.11. The Kier molecular flexibility index (Phi) is 2.76. The van der Waals surface area contributed by atoms with Gasteiger partial charge in [0, 0.05) is 5.92 Å². The molecule has 0 bridgehead atoms. The summed E-state index contributed by atoms with van der Waals surface area (Å²) in [5.41, 5.74) is 6.06. The van der Waals surface area contributed by atoms with Crippen LogP contribution in [0.4, 0.5) is 0 Å². The van der Waals surface area contributed by atoms with Gasteiger partial charge in [-0.2, -0.15) is 0 Å². The Labute approximate surface area is 95.3 Å². The number of amides is 1. The summed E-state index contributed by atoms with van der Waals surface area (Å²) in [6.45, 7) is 0. The third-order valence-corrected chi connectivity index (χ3v) is 3.67. The minimum absolute atomic E-state index is 0.201. The van der Waals surface area contributed by atoms with Crippen LogP contribution in [0, 0.1) is 3.57 Å². The van der Waals surface area contributed by atoms with Crippen molar-refractivity contribution < 1.29 is 9.32 Å². The van der Waals surface area contributed by atoms with E-state index in [2.05, 4.69) is 27.7 Å². The van der Waals surface area contributed by atoms with Crippen molar-refractivity contribution in [2.75, 3.05) is 0 Å². The van der Waals surface area contributed by atoms with Gasteiger partial charge in [0.25, 0.3) is 5.91 Å².